The lowest BCUT2D eigenvalue weighted by Crippen LogP contribution is -2.56. The standard InChI is InChI=1S/C22H20ClN5O2S2/c1-12-18(28-9-10-31-22(28)25-12)20(29)24-11-16-7-8-27(16)21(30)17-19(32-13(2)26-17)14-3-5-15(23)6-4-14/h3-6,9-10,16H,7-8,11H2,1-2H3,(H,24,29)/t16-/m1/s1. The highest BCUT2D eigenvalue weighted by atomic mass is 35.5. The minimum atomic E-state index is -0.181. The van der Waals surface area contributed by atoms with E-state index in [9.17, 15) is 9.59 Å². The van der Waals surface area contributed by atoms with E-state index in [1.807, 2.05) is 49.7 Å². The summed E-state index contributed by atoms with van der Waals surface area (Å²) < 4.78 is 1.80. The first-order valence-electron chi connectivity index (χ1n) is 10.2. The Morgan fingerprint density at radius 3 is 2.72 bits per heavy atom. The number of nitrogens with zero attached hydrogens (tertiary/aromatic N) is 4. The molecule has 1 saturated heterocycles. The number of likely N-dealkylation sites (tertiary alicyclic amines) is 1. The molecule has 3 aromatic heterocycles. The lowest BCUT2D eigenvalue weighted by Gasteiger charge is -2.40. The van der Waals surface area contributed by atoms with Gasteiger partial charge < -0.3 is 10.2 Å². The Morgan fingerprint density at radius 2 is 2.00 bits per heavy atom. The predicted molar refractivity (Wildman–Crippen MR) is 127 cm³/mol. The van der Waals surface area contributed by atoms with Gasteiger partial charge in [-0.2, -0.15) is 0 Å². The first-order valence-corrected chi connectivity index (χ1v) is 12.2. The van der Waals surface area contributed by atoms with E-state index in [2.05, 4.69) is 15.3 Å². The van der Waals surface area contributed by atoms with E-state index in [-0.39, 0.29) is 17.9 Å². The third-order valence-corrected chi connectivity index (χ3v) is 7.63. The highest BCUT2D eigenvalue weighted by Gasteiger charge is 2.35. The molecule has 1 fully saturated rings. The molecule has 32 heavy (non-hydrogen) atoms. The molecule has 10 heteroatoms. The number of amides is 2. The van der Waals surface area contributed by atoms with Crippen molar-refractivity contribution in [1.82, 2.24) is 24.6 Å². The normalized spacial score (nSPS) is 15.7. The van der Waals surface area contributed by atoms with Crippen LogP contribution in [0.5, 0.6) is 0 Å². The van der Waals surface area contributed by atoms with Gasteiger partial charge in [-0.1, -0.05) is 23.7 Å². The van der Waals surface area contributed by atoms with Gasteiger partial charge in [-0.05, 0) is 38.0 Å². The van der Waals surface area contributed by atoms with E-state index in [1.165, 1.54) is 22.7 Å². The van der Waals surface area contributed by atoms with Crippen LogP contribution in [0.15, 0.2) is 35.8 Å². The second-order valence-corrected chi connectivity index (χ2v) is 10.2. The molecular formula is C22H20ClN5O2S2. The second-order valence-electron chi connectivity index (χ2n) is 7.67. The van der Waals surface area contributed by atoms with Crippen LogP contribution in [0, 0.1) is 13.8 Å². The summed E-state index contributed by atoms with van der Waals surface area (Å²) in [5, 5.41) is 6.36. The number of hydrogen-bond donors (Lipinski definition) is 1. The van der Waals surface area contributed by atoms with Crippen molar-refractivity contribution in [3.63, 3.8) is 0 Å². The molecule has 4 heterocycles. The molecule has 7 nitrogen and oxygen atoms in total. The number of carbonyl (C=O) groups excluding carboxylic acids is 2. The fraction of sp³-hybridized carbons (Fsp3) is 0.273. The van der Waals surface area contributed by atoms with Crippen LogP contribution >= 0.6 is 34.3 Å². The van der Waals surface area contributed by atoms with Crippen LogP contribution in [0.1, 0.15) is 38.1 Å². The first-order chi connectivity index (χ1) is 15.4. The number of thiazole rings is 2. The van der Waals surface area contributed by atoms with E-state index in [0.717, 1.165) is 26.8 Å². The number of rotatable bonds is 5. The van der Waals surface area contributed by atoms with Crippen molar-refractivity contribution in [2.45, 2.75) is 26.3 Å². The maximum Gasteiger partial charge on any atom is 0.274 e. The molecule has 1 N–H and O–H groups in total. The molecule has 0 unspecified atom stereocenters. The van der Waals surface area contributed by atoms with E-state index < -0.39 is 0 Å². The molecule has 0 bridgehead atoms. The molecule has 2 amide bonds. The van der Waals surface area contributed by atoms with E-state index in [4.69, 9.17) is 11.6 Å². The minimum absolute atomic E-state index is 0.0577. The lowest BCUT2D eigenvalue weighted by molar-refractivity contribution is 0.0451. The molecule has 1 aliphatic heterocycles. The van der Waals surface area contributed by atoms with Crippen LogP contribution < -0.4 is 5.32 Å². The average Bonchev–Trinajstić information content (AvgIpc) is 3.41. The van der Waals surface area contributed by atoms with Gasteiger partial charge in [-0.3, -0.25) is 14.0 Å². The van der Waals surface area contributed by atoms with Crippen LogP contribution in [0.25, 0.3) is 15.4 Å². The Morgan fingerprint density at radius 1 is 1.22 bits per heavy atom. The summed E-state index contributed by atoms with van der Waals surface area (Å²) in [5.41, 5.74) is 2.61. The number of aryl methyl sites for hydroxylation is 2. The van der Waals surface area contributed by atoms with E-state index in [1.54, 1.807) is 9.30 Å². The SMILES string of the molecule is Cc1nc(C(=O)N2CC[C@@H]2CNC(=O)c2c(C)nc3sccn23)c(-c2ccc(Cl)cc2)s1. The zero-order valence-corrected chi connectivity index (χ0v) is 19.9. The van der Waals surface area contributed by atoms with Gasteiger partial charge in [0.1, 0.15) is 11.4 Å². The monoisotopic (exact) mass is 485 g/mol. The molecule has 5 rings (SSSR count). The zero-order valence-electron chi connectivity index (χ0n) is 17.5. The van der Waals surface area contributed by atoms with Crippen molar-refractivity contribution >= 4 is 51.0 Å². The Hall–Kier alpha value is -2.75. The van der Waals surface area contributed by atoms with Crippen LogP contribution in [0.4, 0.5) is 0 Å². The molecule has 1 aromatic carbocycles. The quantitative estimate of drug-likeness (QED) is 0.453. The van der Waals surface area contributed by atoms with Crippen molar-refractivity contribution in [3.8, 4) is 10.4 Å². The molecule has 4 aromatic rings. The molecule has 0 aliphatic carbocycles. The summed E-state index contributed by atoms with van der Waals surface area (Å²) in [7, 11) is 0. The lowest BCUT2D eigenvalue weighted by atomic mass is 10.0. The summed E-state index contributed by atoms with van der Waals surface area (Å²) in [4.78, 5) is 38.5. The molecule has 0 radical (unpaired) electrons. The number of benzene rings is 1. The van der Waals surface area contributed by atoms with Crippen molar-refractivity contribution in [2.24, 2.45) is 0 Å². The molecule has 0 spiro atoms. The highest BCUT2D eigenvalue weighted by Crippen LogP contribution is 2.33. The van der Waals surface area contributed by atoms with Gasteiger partial charge in [-0.15, -0.1) is 22.7 Å². The van der Waals surface area contributed by atoms with Crippen molar-refractivity contribution < 1.29 is 9.59 Å². The number of fused-ring (bicyclic) bond motifs is 1. The fourth-order valence-electron chi connectivity index (χ4n) is 3.89. The molecular weight excluding hydrogens is 466 g/mol. The van der Waals surface area contributed by atoms with Gasteiger partial charge in [0.25, 0.3) is 11.8 Å². The number of aromatic nitrogens is 3. The molecule has 0 saturated carbocycles. The molecule has 1 aliphatic rings. The summed E-state index contributed by atoms with van der Waals surface area (Å²) >= 11 is 9.00. The Bertz CT molecular complexity index is 1320. The number of hydrogen-bond acceptors (Lipinski definition) is 6. The van der Waals surface area contributed by atoms with Gasteiger partial charge in [0.05, 0.1) is 21.6 Å². The Balaban J connectivity index is 1.30. The predicted octanol–water partition coefficient (Wildman–Crippen LogP) is 4.43. The smallest absolute Gasteiger partial charge is 0.274 e. The third kappa shape index (κ3) is 3.70. The van der Waals surface area contributed by atoms with Crippen molar-refractivity contribution in [2.75, 3.05) is 13.1 Å². The van der Waals surface area contributed by atoms with Gasteiger partial charge in [0, 0.05) is 29.7 Å². The minimum Gasteiger partial charge on any atom is -0.349 e. The van der Waals surface area contributed by atoms with Gasteiger partial charge >= 0.3 is 0 Å². The summed E-state index contributed by atoms with van der Waals surface area (Å²) in [6, 6.07) is 7.37. The van der Waals surface area contributed by atoms with Crippen LogP contribution in [-0.4, -0.2) is 50.2 Å². The summed E-state index contributed by atoms with van der Waals surface area (Å²) in [6.45, 7) is 4.77. The summed E-state index contributed by atoms with van der Waals surface area (Å²) in [5.74, 6) is -0.287. The second kappa shape index (κ2) is 8.31. The maximum atomic E-state index is 13.3. The van der Waals surface area contributed by atoms with E-state index in [0.29, 0.717) is 35.2 Å². The zero-order chi connectivity index (χ0) is 22.4. The van der Waals surface area contributed by atoms with Crippen LogP contribution in [-0.2, 0) is 0 Å². The van der Waals surface area contributed by atoms with Crippen molar-refractivity contribution in [3.05, 3.63) is 63.0 Å². The topological polar surface area (TPSA) is 79.6 Å². The molecule has 164 valence electrons. The third-order valence-electron chi connectivity index (χ3n) is 5.60. The number of carbonyl (C=O) groups is 2. The van der Waals surface area contributed by atoms with Crippen molar-refractivity contribution in [1.29, 1.82) is 0 Å². The molecule has 1 atom stereocenters. The largest absolute Gasteiger partial charge is 0.349 e. The van der Waals surface area contributed by atoms with Crippen LogP contribution in [0.3, 0.4) is 0 Å². The van der Waals surface area contributed by atoms with Gasteiger partial charge in [-0.25, -0.2) is 9.97 Å². The van der Waals surface area contributed by atoms with Gasteiger partial charge in [0.2, 0.25) is 0 Å². The highest BCUT2D eigenvalue weighted by molar-refractivity contribution is 7.15. The Kier molecular flexibility index (Phi) is 5.48. The van der Waals surface area contributed by atoms with Gasteiger partial charge in [0.15, 0.2) is 4.96 Å². The fourth-order valence-corrected chi connectivity index (χ4v) is 5.69. The van der Waals surface area contributed by atoms with Crippen LogP contribution in [0.2, 0.25) is 5.02 Å². The maximum absolute atomic E-state index is 13.3. The average molecular weight is 486 g/mol. The first kappa shape index (κ1) is 21.1. The number of imidazole rings is 1. The number of halogens is 1. The number of nitrogens with one attached hydrogen (secondary N) is 1. The van der Waals surface area contributed by atoms with E-state index >= 15 is 0 Å². The Labute approximate surface area is 197 Å². The summed E-state index contributed by atoms with van der Waals surface area (Å²) in [6.07, 6.45) is 2.68.